The molecule has 0 spiro atoms. The highest BCUT2D eigenvalue weighted by Crippen LogP contribution is 2.32. The van der Waals surface area contributed by atoms with E-state index in [-0.39, 0.29) is 0 Å². The smallest absolute Gasteiger partial charge is 0.0801 e. The third kappa shape index (κ3) is 4.53. The molecule has 35 heavy (non-hydrogen) atoms. The van der Waals surface area contributed by atoms with E-state index in [1.165, 1.54) is 11.1 Å². The Bertz CT molecular complexity index is 1730. The fraction of sp³-hybridized carbons (Fsp3) is 0.0370. The first-order chi connectivity index (χ1) is 16.9. The van der Waals surface area contributed by atoms with Gasteiger partial charge in [0.05, 0.1) is 52.7 Å². The maximum Gasteiger partial charge on any atom is 0.0801 e. The van der Waals surface area contributed by atoms with Crippen LogP contribution in [0.1, 0.15) is 33.9 Å². The van der Waals surface area contributed by atoms with Gasteiger partial charge in [-0.15, -0.1) is 0 Å². The molecule has 172 valence electrons. The molecule has 0 amide bonds. The molecule has 0 aliphatic carbocycles. The summed E-state index contributed by atoms with van der Waals surface area (Å²) in [4.78, 5) is 16.8. The standard InChI is InChI=1S/C27H16Br4N4/c28-16-3-1-2-14(11-16)10-15-12-18-13-17-4-5-19(32-17)24(29)20-6-7-21(34-20)25(30)22-8-9-23(35-22)26(31)27(15)33-18/h1-9,11-13,33-34H,10H2. The zero-order valence-corrected chi connectivity index (χ0v) is 24.4. The highest BCUT2D eigenvalue weighted by molar-refractivity contribution is 9.11. The molecule has 0 unspecified atom stereocenters. The molecule has 0 fully saturated rings. The summed E-state index contributed by atoms with van der Waals surface area (Å²) >= 11 is 14.9. The summed E-state index contributed by atoms with van der Waals surface area (Å²) in [6.45, 7) is 0. The van der Waals surface area contributed by atoms with Crippen LogP contribution in [-0.2, 0) is 6.42 Å². The van der Waals surface area contributed by atoms with Crippen molar-refractivity contribution in [2.24, 2.45) is 0 Å². The van der Waals surface area contributed by atoms with Crippen LogP contribution in [-0.4, -0.2) is 19.9 Å². The number of halogens is 4. The van der Waals surface area contributed by atoms with Gasteiger partial charge in [-0.05, 0) is 126 Å². The van der Waals surface area contributed by atoms with Crippen molar-refractivity contribution < 1.29 is 0 Å². The first kappa shape index (κ1) is 23.2. The maximum atomic E-state index is 4.91. The molecule has 4 aromatic rings. The fourth-order valence-corrected chi connectivity index (χ4v) is 6.13. The lowest BCUT2D eigenvalue weighted by molar-refractivity contribution is 1.21. The molecule has 0 saturated heterocycles. The Morgan fingerprint density at radius 3 is 2.09 bits per heavy atom. The molecule has 8 heteroatoms. The van der Waals surface area contributed by atoms with Gasteiger partial charge in [-0.1, -0.05) is 28.1 Å². The minimum atomic E-state index is 0.779. The van der Waals surface area contributed by atoms with Crippen LogP contribution in [0.4, 0.5) is 0 Å². The lowest BCUT2D eigenvalue weighted by Crippen LogP contribution is -1.88. The largest absolute Gasteiger partial charge is 0.354 e. The van der Waals surface area contributed by atoms with Crippen molar-refractivity contribution in [3.8, 4) is 0 Å². The van der Waals surface area contributed by atoms with Crippen molar-refractivity contribution in [2.45, 2.75) is 6.42 Å². The van der Waals surface area contributed by atoms with Crippen molar-refractivity contribution in [2.75, 3.05) is 0 Å². The highest BCUT2D eigenvalue weighted by Gasteiger charge is 2.13. The molecule has 2 aliphatic rings. The Balaban J connectivity index is 1.67. The van der Waals surface area contributed by atoms with Gasteiger partial charge in [0.15, 0.2) is 0 Å². The zero-order valence-electron chi connectivity index (χ0n) is 18.0. The highest BCUT2D eigenvalue weighted by atomic mass is 79.9. The van der Waals surface area contributed by atoms with Crippen molar-refractivity contribution in [3.05, 3.63) is 100 Å². The number of fused-ring (bicyclic) bond motifs is 8. The van der Waals surface area contributed by atoms with E-state index in [9.17, 15) is 0 Å². The van der Waals surface area contributed by atoms with Crippen molar-refractivity contribution in [3.63, 3.8) is 0 Å². The number of aromatic nitrogens is 4. The van der Waals surface area contributed by atoms with E-state index in [4.69, 9.17) is 9.97 Å². The summed E-state index contributed by atoms with van der Waals surface area (Å²) < 4.78 is 3.79. The van der Waals surface area contributed by atoms with Crippen LogP contribution in [0.2, 0.25) is 0 Å². The van der Waals surface area contributed by atoms with E-state index in [2.05, 4.69) is 104 Å². The summed E-state index contributed by atoms with van der Waals surface area (Å²) in [5.41, 5.74) is 9.75. The molecule has 2 N–H and O–H groups in total. The molecule has 3 aromatic heterocycles. The third-order valence-corrected chi connectivity index (χ3v) is 8.82. The van der Waals surface area contributed by atoms with Crippen LogP contribution in [0.15, 0.2) is 66.4 Å². The molecule has 8 bridgehead atoms. The van der Waals surface area contributed by atoms with E-state index in [1.807, 2.05) is 42.5 Å². The second-order valence-electron chi connectivity index (χ2n) is 8.27. The summed E-state index contributed by atoms with van der Waals surface area (Å²) in [5, 5.41) is 0. The van der Waals surface area contributed by atoms with Gasteiger partial charge in [-0.25, -0.2) is 9.97 Å². The van der Waals surface area contributed by atoms with Crippen LogP contribution in [0.25, 0.3) is 46.4 Å². The lowest BCUT2D eigenvalue weighted by Gasteiger charge is -2.02. The number of nitrogens with one attached hydrogen (secondary N) is 2. The molecule has 5 heterocycles. The van der Waals surface area contributed by atoms with Gasteiger partial charge in [-0.2, -0.15) is 0 Å². The molecule has 0 radical (unpaired) electrons. The summed E-state index contributed by atoms with van der Waals surface area (Å²) in [6.07, 6.45) is 8.88. The van der Waals surface area contributed by atoms with Crippen molar-refractivity contribution in [1.82, 2.24) is 19.9 Å². The fourth-order valence-electron chi connectivity index (χ4n) is 4.20. The maximum absolute atomic E-state index is 4.91. The number of H-pyrrole nitrogens is 2. The topological polar surface area (TPSA) is 57.4 Å². The number of aromatic amines is 2. The van der Waals surface area contributed by atoms with Gasteiger partial charge in [0.2, 0.25) is 0 Å². The molecule has 0 atom stereocenters. The van der Waals surface area contributed by atoms with Gasteiger partial charge < -0.3 is 9.97 Å². The van der Waals surface area contributed by atoms with Crippen LogP contribution >= 0.6 is 63.7 Å². The Hall–Kier alpha value is -2.26. The van der Waals surface area contributed by atoms with E-state index in [0.717, 1.165) is 69.2 Å². The Morgan fingerprint density at radius 2 is 1.34 bits per heavy atom. The molecule has 2 aliphatic heterocycles. The molecule has 4 nitrogen and oxygen atoms in total. The molecule has 1 aromatic carbocycles. The number of benzene rings is 1. The van der Waals surface area contributed by atoms with Gasteiger partial charge in [0, 0.05) is 9.99 Å². The average molecular weight is 716 g/mol. The predicted octanol–water partition coefficient (Wildman–Crippen LogP) is 9.30. The van der Waals surface area contributed by atoms with Crippen LogP contribution < -0.4 is 0 Å². The molecule has 0 saturated carbocycles. The molecule has 6 rings (SSSR count). The van der Waals surface area contributed by atoms with Gasteiger partial charge in [-0.3, -0.25) is 0 Å². The van der Waals surface area contributed by atoms with Crippen molar-refractivity contribution >= 4 is 110 Å². The monoisotopic (exact) mass is 712 g/mol. The van der Waals surface area contributed by atoms with E-state index in [0.29, 0.717) is 0 Å². The molecular weight excluding hydrogens is 700 g/mol. The van der Waals surface area contributed by atoms with E-state index < -0.39 is 0 Å². The Morgan fingerprint density at radius 1 is 0.657 bits per heavy atom. The second-order valence-corrected chi connectivity index (χ2v) is 11.6. The number of hydrogen-bond acceptors (Lipinski definition) is 2. The van der Waals surface area contributed by atoms with Gasteiger partial charge in [0.1, 0.15) is 0 Å². The number of nitrogens with zero attached hydrogens (tertiary/aromatic N) is 2. The van der Waals surface area contributed by atoms with Gasteiger partial charge >= 0.3 is 0 Å². The van der Waals surface area contributed by atoms with Crippen LogP contribution in [0, 0.1) is 0 Å². The third-order valence-electron chi connectivity index (χ3n) is 5.86. The molecular formula is C27H16Br4N4. The second kappa shape index (κ2) is 9.32. The first-order valence-corrected chi connectivity index (χ1v) is 14.0. The minimum Gasteiger partial charge on any atom is -0.354 e. The van der Waals surface area contributed by atoms with Crippen molar-refractivity contribution in [1.29, 1.82) is 0 Å². The average Bonchev–Trinajstić information content (AvgIpc) is 3.64. The first-order valence-electron chi connectivity index (χ1n) is 10.8. The SMILES string of the molecule is Brc1cccc(Cc2cc3cc4nc(c(Br)c5ccc([nH]5)c(Br)c5nc(c(Br)c2[nH]3)C=C5)C=C4)c1. The minimum absolute atomic E-state index is 0.779. The Kier molecular flexibility index (Phi) is 6.16. The van der Waals surface area contributed by atoms with Crippen LogP contribution in [0.3, 0.4) is 0 Å². The zero-order chi connectivity index (χ0) is 24.1. The van der Waals surface area contributed by atoms with E-state index in [1.54, 1.807) is 0 Å². The summed E-state index contributed by atoms with van der Waals surface area (Å²) in [5.74, 6) is 0. The van der Waals surface area contributed by atoms with Crippen LogP contribution in [0.5, 0.6) is 0 Å². The summed E-state index contributed by atoms with van der Waals surface area (Å²) in [6, 6.07) is 16.7. The number of hydrogen-bond donors (Lipinski definition) is 2. The van der Waals surface area contributed by atoms with E-state index >= 15 is 0 Å². The number of rotatable bonds is 2. The lowest BCUT2D eigenvalue weighted by atomic mass is 10.1. The normalized spacial score (nSPS) is 12.5. The van der Waals surface area contributed by atoms with Gasteiger partial charge in [0.25, 0.3) is 0 Å². The predicted molar refractivity (Wildman–Crippen MR) is 159 cm³/mol. The Labute approximate surface area is 235 Å². The summed E-state index contributed by atoms with van der Waals surface area (Å²) in [7, 11) is 0. The quantitative estimate of drug-likeness (QED) is 0.188.